The fourth-order valence-electron chi connectivity index (χ4n) is 3.52. The molecular weight excluding hydrogens is 373 g/mol. The molecule has 2 aromatic heterocycles. The molecule has 3 aromatic rings. The Morgan fingerprint density at radius 1 is 1.28 bits per heavy atom. The minimum atomic E-state index is -1.07. The van der Waals surface area contributed by atoms with E-state index >= 15 is 0 Å². The third kappa shape index (κ3) is 3.02. The van der Waals surface area contributed by atoms with Crippen LogP contribution in [0.15, 0.2) is 35.5 Å². The van der Waals surface area contributed by atoms with E-state index in [2.05, 4.69) is 20.3 Å². The van der Waals surface area contributed by atoms with Crippen LogP contribution in [0, 0.1) is 12.8 Å². The number of amides is 2. The summed E-state index contributed by atoms with van der Waals surface area (Å²) in [5.41, 5.74) is 8.52. The number of benzene rings is 1. The van der Waals surface area contributed by atoms with Crippen LogP contribution in [-0.4, -0.2) is 28.0 Å². The van der Waals surface area contributed by atoms with Crippen LogP contribution in [0.2, 0.25) is 0 Å². The molecule has 144 valence electrons. The van der Waals surface area contributed by atoms with Crippen molar-refractivity contribution in [1.82, 2.24) is 9.97 Å². The van der Waals surface area contributed by atoms with Crippen LogP contribution in [-0.2, 0) is 9.59 Å². The van der Waals surface area contributed by atoms with Crippen molar-refractivity contribution in [3.05, 3.63) is 46.6 Å². The van der Waals surface area contributed by atoms with E-state index in [1.807, 2.05) is 25.1 Å². The smallest absolute Gasteiger partial charge is 0.270 e. The summed E-state index contributed by atoms with van der Waals surface area (Å²) in [5.74, 6) is -0.603. The molecular formula is C21H16FN5O2. The summed E-state index contributed by atoms with van der Waals surface area (Å²) in [6.07, 6.45) is 2.21. The third-order valence-corrected chi connectivity index (χ3v) is 5.20. The molecule has 5 rings (SSSR count). The molecule has 1 aliphatic carbocycles. The van der Waals surface area contributed by atoms with Crippen molar-refractivity contribution in [2.75, 3.05) is 11.1 Å². The minimum Gasteiger partial charge on any atom is -0.383 e. The van der Waals surface area contributed by atoms with Crippen LogP contribution < -0.4 is 21.6 Å². The Morgan fingerprint density at radius 2 is 2.07 bits per heavy atom. The van der Waals surface area contributed by atoms with Crippen LogP contribution in [0.1, 0.15) is 12.0 Å². The highest BCUT2D eigenvalue weighted by Gasteiger charge is 2.43. The number of nitrogens with zero attached hydrogens (tertiary/aromatic N) is 3. The van der Waals surface area contributed by atoms with E-state index in [0.29, 0.717) is 28.1 Å². The Hall–Kier alpha value is -3.68. The molecule has 0 spiro atoms. The van der Waals surface area contributed by atoms with Gasteiger partial charge in [-0.25, -0.2) is 19.4 Å². The predicted octanol–water partition coefficient (Wildman–Crippen LogP) is 1.42. The van der Waals surface area contributed by atoms with E-state index < -0.39 is 12.1 Å². The Kier molecular flexibility index (Phi) is 3.70. The van der Waals surface area contributed by atoms with Gasteiger partial charge in [-0.15, -0.1) is 0 Å². The lowest BCUT2D eigenvalue weighted by Gasteiger charge is -2.10. The number of carbonyl (C=O) groups excluding carboxylic acids is 2. The summed E-state index contributed by atoms with van der Waals surface area (Å²) in [5, 5.41) is 5.43. The van der Waals surface area contributed by atoms with Gasteiger partial charge in [0.25, 0.3) is 5.91 Å². The number of halogens is 1. The van der Waals surface area contributed by atoms with Gasteiger partial charge in [-0.2, -0.15) is 0 Å². The summed E-state index contributed by atoms with van der Waals surface area (Å²) in [6, 6.07) is 7.25. The number of rotatable bonds is 3. The van der Waals surface area contributed by atoms with Crippen molar-refractivity contribution in [3.8, 4) is 11.3 Å². The highest BCUT2D eigenvalue weighted by Crippen LogP contribution is 2.35. The number of nitrogens with two attached hydrogens (primary N) is 1. The molecule has 1 aromatic carbocycles. The van der Waals surface area contributed by atoms with Gasteiger partial charge in [0, 0.05) is 28.4 Å². The molecule has 2 atom stereocenters. The van der Waals surface area contributed by atoms with Crippen LogP contribution in [0.4, 0.5) is 16.0 Å². The van der Waals surface area contributed by atoms with E-state index in [9.17, 15) is 14.0 Å². The van der Waals surface area contributed by atoms with Crippen molar-refractivity contribution in [1.29, 1.82) is 0 Å². The second-order valence-corrected chi connectivity index (χ2v) is 7.35. The van der Waals surface area contributed by atoms with Crippen LogP contribution >= 0.6 is 0 Å². The number of anilines is 2. The second kappa shape index (κ2) is 6.16. The number of nitrogen functional groups attached to an aromatic ring is 1. The number of nitrogens with one attached hydrogen (secondary N) is 1. The predicted molar refractivity (Wildman–Crippen MR) is 106 cm³/mol. The fourth-order valence-corrected chi connectivity index (χ4v) is 3.52. The van der Waals surface area contributed by atoms with Crippen molar-refractivity contribution >= 4 is 40.3 Å². The van der Waals surface area contributed by atoms with E-state index in [4.69, 9.17) is 5.73 Å². The second-order valence-electron chi connectivity index (χ2n) is 7.35. The standard InChI is InChI=1S/C21H16FN5O2/c1-9-2-16-11(6-19(28)25-16)3-12(9)17-4-10-5-18(24-8-14(10)20(23)26-17)27-21(29)13-7-15(13)22/h2-6,8,13,15H,7H2,1H3,(H2,23,26)(H,24,27,29)/t13-,15+/m1/s1. The molecule has 0 bridgehead atoms. The number of hydrogen-bond donors (Lipinski definition) is 2. The molecule has 3 N–H and O–H groups in total. The first-order valence-corrected chi connectivity index (χ1v) is 9.16. The van der Waals surface area contributed by atoms with Gasteiger partial charge in [-0.3, -0.25) is 9.59 Å². The Morgan fingerprint density at radius 3 is 2.83 bits per heavy atom. The van der Waals surface area contributed by atoms with Crippen LogP contribution in [0.25, 0.3) is 28.1 Å². The number of aryl methyl sites for hydroxylation is 1. The lowest BCUT2D eigenvalue weighted by molar-refractivity contribution is -0.117. The number of pyridine rings is 2. The largest absolute Gasteiger partial charge is 0.383 e. The Bertz CT molecular complexity index is 1350. The van der Waals surface area contributed by atoms with Crippen molar-refractivity contribution < 1.29 is 14.0 Å². The molecule has 1 aliphatic heterocycles. The molecule has 2 amide bonds. The lowest BCUT2D eigenvalue weighted by Crippen LogP contribution is -2.22. The summed E-state index contributed by atoms with van der Waals surface area (Å²) in [6.45, 7) is 1.91. The lowest BCUT2D eigenvalue weighted by atomic mass is 10.0. The van der Waals surface area contributed by atoms with E-state index in [0.717, 1.165) is 21.7 Å². The molecule has 0 radical (unpaired) electrons. The molecule has 2 aliphatic rings. The zero-order valence-corrected chi connectivity index (χ0v) is 15.4. The molecule has 7 nitrogen and oxygen atoms in total. The summed E-state index contributed by atoms with van der Waals surface area (Å²) in [7, 11) is 0. The molecule has 1 saturated carbocycles. The summed E-state index contributed by atoms with van der Waals surface area (Å²) >= 11 is 0. The number of aromatic nitrogens is 2. The molecule has 29 heavy (non-hydrogen) atoms. The average molecular weight is 389 g/mol. The van der Waals surface area contributed by atoms with E-state index in [1.54, 1.807) is 6.07 Å². The number of carbonyl (C=O) groups is 2. The van der Waals surface area contributed by atoms with Crippen molar-refractivity contribution in [3.63, 3.8) is 0 Å². The maximum absolute atomic E-state index is 13.1. The molecule has 0 saturated heterocycles. The molecule has 8 heteroatoms. The van der Waals surface area contributed by atoms with Gasteiger partial charge in [-0.05, 0) is 48.6 Å². The number of fused-ring (bicyclic) bond motifs is 2. The molecule has 0 unspecified atom stereocenters. The van der Waals surface area contributed by atoms with Gasteiger partial charge in [0.05, 0.1) is 17.0 Å². The zero-order valence-electron chi connectivity index (χ0n) is 15.4. The van der Waals surface area contributed by atoms with Crippen LogP contribution in [0.3, 0.4) is 0 Å². The monoisotopic (exact) mass is 389 g/mol. The average Bonchev–Trinajstić information content (AvgIpc) is 3.29. The summed E-state index contributed by atoms with van der Waals surface area (Å²) in [4.78, 5) is 36.2. The van der Waals surface area contributed by atoms with Gasteiger partial charge < -0.3 is 11.1 Å². The van der Waals surface area contributed by atoms with Crippen molar-refractivity contribution in [2.45, 2.75) is 19.5 Å². The van der Waals surface area contributed by atoms with Gasteiger partial charge >= 0.3 is 0 Å². The van der Waals surface area contributed by atoms with E-state index in [-0.39, 0.29) is 18.2 Å². The van der Waals surface area contributed by atoms with Crippen LogP contribution in [0.5, 0.6) is 0 Å². The van der Waals surface area contributed by atoms with Gasteiger partial charge in [0.2, 0.25) is 5.91 Å². The Balaban J connectivity index is 1.58. The van der Waals surface area contributed by atoms with Gasteiger partial charge in [-0.1, -0.05) is 0 Å². The topological polar surface area (TPSA) is 110 Å². The quantitative estimate of drug-likeness (QED) is 0.704. The van der Waals surface area contributed by atoms with E-state index in [1.165, 1.54) is 12.3 Å². The fraction of sp³-hybridized carbons (Fsp3) is 0.190. The first kappa shape index (κ1) is 17.4. The number of alkyl halides is 1. The minimum absolute atomic E-state index is 0.254. The van der Waals surface area contributed by atoms with Gasteiger partial charge in [0.15, 0.2) is 0 Å². The SMILES string of the molecule is Cc1cc2c(cc1-c1cc3cc(NC(=O)[C@@H]4C[C@@H]4F)ncc3c(N)n1)=CC(=O)N=2. The normalized spacial score (nSPS) is 19.4. The Labute approximate surface area is 164 Å². The molecule has 1 fully saturated rings. The van der Waals surface area contributed by atoms with Gasteiger partial charge in [0.1, 0.15) is 17.8 Å². The first-order valence-electron chi connectivity index (χ1n) is 9.16. The maximum Gasteiger partial charge on any atom is 0.270 e. The zero-order chi connectivity index (χ0) is 20.3. The first-order chi connectivity index (χ1) is 13.9. The molecule has 3 heterocycles. The highest BCUT2D eigenvalue weighted by atomic mass is 19.1. The van der Waals surface area contributed by atoms with Crippen molar-refractivity contribution in [2.24, 2.45) is 10.9 Å². The summed E-state index contributed by atoms with van der Waals surface area (Å²) < 4.78 is 13.1. The third-order valence-electron chi connectivity index (χ3n) is 5.20. The number of hydrogen-bond acceptors (Lipinski definition) is 5. The maximum atomic E-state index is 13.1. The highest BCUT2D eigenvalue weighted by molar-refractivity contribution is 6.06.